The number of halogens is 1. The van der Waals surface area contributed by atoms with Crippen molar-refractivity contribution in [3.8, 4) is 5.75 Å². The van der Waals surface area contributed by atoms with E-state index in [1.807, 2.05) is 25.1 Å². The van der Waals surface area contributed by atoms with Crippen LogP contribution < -0.4 is 15.0 Å². The van der Waals surface area contributed by atoms with Crippen molar-refractivity contribution < 1.29 is 14.3 Å². The average Bonchev–Trinajstić information content (AvgIpc) is 2.57. The lowest BCUT2D eigenvalue weighted by atomic mass is 10.2. The molecule has 0 spiro atoms. The van der Waals surface area contributed by atoms with Crippen molar-refractivity contribution in [3.05, 3.63) is 53.1 Å². The highest BCUT2D eigenvalue weighted by atomic mass is 35.5. The van der Waals surface area contributed by atoms with Crippen LogP contribution in [0.3, 0.4) is 0 Å². The highest BCUT2D eigenvalue weighted by Crippen LogP contribution is 2.31. The summed E-state index contributed by atoms with van der Waals surface area (Å²) >= 11 is 6.04. The molecule has 0 bridgehead atoms. The summed E-state index contributed by atoms with van der Waals surface area (Å²) in [6, 6.07) is 12.5. The summed E-state index contributed by atoms with van der Waals surface area (Å²) in [4.78, 5) is 25.9. The van der Waals surface area contributed by atoms with E-state index in [2.05, 4.69) is 5.32 Å². The maximum Gasteiger partial charge on any atom is 0.236 e. The van der Waals surface area contributed by atoms with Crippen LogP contribution in [-0.4, -0.2) is 26.0 Å². The number of para-hydroxylation sites is 1. The first-order chi connectivity index (χ1) is 11.4. The molecular formula is C18H19ClN2O3. The zero-order chi connectivity index (χ0) is 17.7. The van der Waals surface area contributed by atoms with E-state index in [1.165, 1.54) is 12.0 Å². The van der Waals surface area contributed by atoms with Crippen LogP contribution in [0, 0.1) is 6.92 Å². The molecule has 2 aromatic rings. The third kappa shape index (κ3) is 4.26. The van der Waals surface area contributed by atoms with E-state index in [9.17, 15) is 9.59 Å². The number of methoxy groups -OCH3 is 1. The van der Waals surface area contributed by atoms with E-state index < -0.39 is 5.91 Å². The maximum absolute atomic E-state index is 12.2. The summed E-state index contributed by atoms with van der Waals surface area (Å²) in [7, 11) is 3.13. The SMILES string of the molecule is COc1cc(Cl)c(C)cc1NC(=O)CC(=O)N(C)c1ccccc1. The number of hydrogen-bond donors (Lipinski definition) is 1. The van der Waals surface area contributed by atoms with Gasteiger partial charge in [0.25, 0.3) is 0 Å². The number of anilines is 2. The van der Waals surface area contributed by atoms with Gasteiger partial charge >= 0.3 is 0 Å². The van der Waals surface area contributed by atoms with Gasteiger partial charge in [0, 0.05) is 23.8 Å². The van der Waals surface area contributed by atoms with Crippen LogP contribution in [0.15, 0.2) is 42.5 Å². The Hall–Kier alpha value is -2.53. The van der Waals surface area contributed by atoms with Crippen LogP contribution in [-0.2, 0) is 9.59 Å². The van der Waals surface area contributed by atoms with Gasteiger partial charge in [0.2, 0.25) is 11.8 Å². The third-order valence-corrected chi connectivity index (χ3v) is 3.99. The van der Waals surface area contributed by atoms with Crippen molar-refractivity contribution in [2.75, 3.05) is 24.4 Å². The Morgan fingerprint density at radius 3 is 2.50 bits per heavy atom. The number of carbonyl (C=O) groups excluding carboxylic acids is 2. The largest absolute Gasteiger partial charge is 0.495 e. The standard InChI is InChI=1S/C18H19ClN2O3/c1-12-9-15(16(24-3)10-14(12)19)20-17(22)11-18(23)21(2)13-7-5-4-6-8-13/h4-10H,11H2,1-3H3,(H,20,22). The van der Waals surface area contributed by atoms with Crippen molar-refractivity contribution in [2.24, 2.45) is 0 Å². The molecule has 0 aliphatic heterocycles. The number of benzene rings is 2. The van der Waals surface area contributed by atoms with E-state index in [4.69, 9.17) is 16.3 Å². The van der Waals surface area contributed by atoms with Crippen molar-refractivity contribution in [3.63, 3.8) is 0 Å². The molecule has 0 radical (unpaired) electrons. The minimum absolute atomic E-state index is 0.268. The van der Waals surface area contributed by atoms with Crippen LogP contribution in [0.4, 0.5) is 11.4 Å². The summed E-state index contributed by atoms with van der Waals surface area (Å²) in [6.07, 6.45) is -0.268. The fraction of sp³-hybridized carbons (Fsp3) is 0.222. The summed E-state index contributed by atoms with van der Waals surface area (Å²) in [5.74, 6) is -0.269. The second kappa shape index (κ2) is 7.84. The quantitative estimate of drug-likeness (QED) is 0.841. The van der Waals surface area contributed by atoms with E-state index >= 15 is 0 Å². The summed E-state index contributed by atoms with van der Waals surface area (Å²) in [5.41, 5.74) is 2.02. The van der Waals surface area contributed by atoms with Gasteiger partial charge in [-0.1, -0.05) is 29.8 Å². The fourth-order valence-corrected chi connectivity index (χ4v) is 2.33. The first-order valence-corrected chi connectivity index (χ1v) is 7.75. The van der Waals surface area contributed by atoms with E-state index in [1.54, 1.807) is 31.3 Å². The number of nitrogens with zero attached hydrogens (tertiary/aromatic N) is 1. The molecule has 0 aliphatic rings. The Bertz CT molecular complexity index is 747. The van der Waals surface area contributed by atoms with Gasteiger partial charge in [-0.2, -0.15) is 0 Å². The average molecular weight is 347 g/mol. The number of hydrogen-bond acceptors (Lipinski definition) is 3. The molecule has 0 unspecified atom stereocenters. The first-order valence-electron chi connectivity index (χ1n) is 7.38. The molecule has 0 fully saturated rings. The van der Waals surface area contributed by atoms with Gasteiger partial charge in [0.05, 0.1) is 12.8 Å². The molecule has 0 atom stereocenters. The molecule has 5 nitrogen and oxygen atoms in total. The Labute approximate surface area is 146 Å². The first kappa shape index (κ1) is 17.8. The van der Waals surface area contributed by atoms with Crippen LogP contribution in [0.5, 0.6) is 5.75 Å². The normalized spacial score (nSPS) is 10.2. The molecule has 0 heterocycles. The topological polar surface area (TPSA) is 58.6 Å². The monoisotopic (exact) mass is 346 g/mol. The summed E-state index contributed by atoms with van der Waals surface area (Å²) in [6.45, 7) is 1.83. The predicted molar refractivity (Wildman–Crippen MR) is 95.8 cm³/mol. The molecule has 0 aliphatic carbocycles. The van der Waals surface area contributed by atoms with Gasteiger partial charge in [0.1, 0.15) is 12.2 Å². The van der Waals surface area contributed by atoms with Gasteiger partial charge in [-0.25, -0.2) is 0 Å². The molecule has 2 aromatic carbocycles. The zero-order valence-corrected chi connectivity index (χ0v) is 14.6. The Morgan fingerprint density at radius 1 is 1.21 bits per heavy atom. The van der Waals surface area contributed by atoms with Crippen LogP contribution in [0.2, 0.25) is 5.02 Å². The minimum atomic E-state index is -0.414. The van der Waals surface area contributed by atoms with Crippen LogP contribution in [0.25, 0.3) is 0 Å². The van der Waals surface area contributed by atoms with Crippen molar-refractivity contribution in [1.82, 2.24) is 0 Å². The summed E-state index contributed by atoms with van der Waals surface area (Å²) < 4.78 is 5.21. The number of rotatable bonds is 5. The smallest absolute Gasteiger partial charge is 0.236 e. The van der Waals surface area contributed by atoms with Gasteiger partial charge in [-0.3, -0.25) is 9.59 Å². The molecule has 2 rings (SSSR count). The highest BCUT2D eigenvalue weighted by Gasteiger charge is 2.17. The molecule has 1 N–H and O–H groups in total. The maximum atomic E-state index is 12.2. The van der Waals surface area contributed by atoms with Crippen molar-refractivity contribution in [1.29, 1.82) is 0 Å². The zero-order valence-electron chi connectivity index (χ0n) is 13.8. The highest BCUT2D eigenvalue weighted by molar-refractivity contribution is 6.31. The number of amides is 2. The lowest BCUT2D eigenvalue weighted by molar-refractivity contribution is -0.125. The van der Waals surface area contributed by atoms with E-state index in [0.717, 1.165) is 11.3 Å². The molecule has 2 amide bonds. The van der Waals surface area contributed by atoms with Gasteiger partial charge in [-0.05, 0) is 30.7 Å². The molecule has 0 aromatic heterocycles. The molecule has 126 valence electrons. The van der Waals surface area contributed by atoms with Gasteiger partial charge < -0.3 is 15.0 Å². The Balaban J connectivity index is 2.06. The number of nitrogens with one attached hydrogen (secondary N) is 1. The van der Waals surface area contributed by atoms with Crippen LogP contribution in [0.1, 0.15) is 12.0 Å². The third-order valence-electron chi connectivity index (χ3n) is 3.58. The van der Waals surface area contributed by atoms with E-state index in [-0.39, 0.29) is 12.3 Å². The fourth-order valence-electron chi connectivity index (χ4n) is 2.18. The number of carbonyl (C=O) groups is 2. The van der Waals surface area contributed by atoms with Crippen molar-refractivity contribution >= 4 is 34.8 Å². The van der Waals surface area contributed by atoms with Crippen LogP contribution >= 0.6 is 11.6 Å². The molecule has 0 saturated heterocycles. The molecule has 6 heteroatoms. The summed E-state index contributed by atoms with van der Waals surface area (Å²) in [5, 5.41) is 3.24. The number of aryl methyl sites for hydroxylation is 1. The number of ether oxygens (including phenoxy) is 1. The Kier molecular flexibility index (Phi) is 5.82. The second-order valence-electron chi connectivity index (χ2n) is 5.31. The molecular weight excluding hydrogens is 328 g/mol. The lowest BCUT2D eigenvalue weighted by Crippen LogP contribution is -2.30. The second-order valence-corrected chi connectivity index (χ2v) is 5.72. The lowest BCUT2D eigenvalue weighted by Gasteiger charge is -2.17. The molecule has 24 heavy (non-hydrogen) atoms. The predicted octanol–water partition coefficient (Wildman–Crippen LogP) is 3.65. The van der Waals surface area contributed by atoms with Gasteiger partial charge in [0.15, 0.2) is 0 Å². The van der Waals surface area contributed by atoms with E-state index in [0.29, 0.717) is 16.5 Å². The van der Waals surface area contributed by atoms with Crippen molar-refractivity contribution in [2.45, 2.75) is 13.3 Å². The minimum Gasteiger partial charge on any atom is -0.495 e. The van der Waals surface area contributed by atoms with Gasteiger partial charge in [-0.15, -0.1) is 0 Å². The molecule has 0 saturated carbocycles. The Morgan fingerprint density at radius 2 is 1.88 bits per heavy atom.